The number of ketones is 3. The van der Waals surface area contributed by atoms with Crippen molar-refractivity contribution in [2.75, 3.05) is 0 Å². The summed E-state index contributed by atoms with van der Waals surface area (Å²) in [5.41, 5.74) is -1.42. The van der Waals surface area contributed by atoms with Crippen LogP contribution in [-0.2, 0) is 11.2 Å². The highest BCUT2D eigenvalue weighted by Gasteiger charge is 2.47. The first-order valence-electron chi connectivity index (χ1n) is 8.59. The number of aliphatic hydroxyl groups excluding tert-OH is 1. The van der Waals surface area contributed by atoms with Crippen LogP contribution >= 0.6 is 22.9 Å². The minimum absolute atomic E-state index is 0.0136. The number of nitrogens with one attached hydrogen (secondary N) is 1. The Kier molecular flexibility index (Phi) is 4.32. The minimum atomic E-state index is -1.30. The third-order valence-corrected chi connectivity index (χ3v) is 6.70. The molecule has 0 saturated carbocycles. The van der Waals surface area contributed by atoms with Crippen molar-refractivity contribution in [1.82, 2.24) is 3.53 Å². The molecule has 8 heteroatoms. The summed E-state index contributed by atoms with van der Waals surface area (Å²) in [6.45, 7) is 1.36. The lowest BCUT2D eigenvalue weighted by atomic mass is 9.71. The largest absolute Gasteiger partial charge is 0.507 e. The fourth-order valence-electron chi connectivity index (χ4n) is 4.13. The van der Waals surface area contributed by atoms with Crippen LogP contribution in [0, 0.1) is 0 Å². The predicted molar refractivity (Wildman–Crippen MR) is 107 cm³/mol. The van der Waals surface area contributed by atoms with Crippen LogP contribution in [0.4, 0.5) is 0 Å². The number of hydrogen-bond donors (Lipinski definition) is 4. The topological polar surface area (TPSA) is 124 Å². The molecule has 0 radical (unpaired) electrons. The Labute approximate surface area is 173 Å². The molecule has 0 aromatic heterocycles. The van der Waals surface area contributed by atoms with E-state index in [4.69, 9.17) is 0 Å². The normalized spacial score (nSPS) is 23.0. The van der Waals surface area contributed by atoms with Crippen molar-refractivity contribution in [3.8, 4) is 11.5 Å². The van der Waals surface area contributed by atoms with Gasteiger partial charge in [-0.2, -0.15) is 0 Å². The molecule has 7 nitrogen and oxygen atoms in total. The molecule has 2 atom stereocenters. The van der Waals surface area contributed by atoms with Gasteiger partial charge in [-0.05, 0) is 6.92 Å². The number of benzene rings is 2. The first-order valence-corrected chi connectivity index (χ1v) is 9.67. The zero-order valence-corrected chi connectivity index (χ0v) is 16.9. The van der Waals surface area contributed by atoms with Gasteiger partial charge < -0.3 is 15.3 Å². The SMILES string of the molecule is CC(=O)C1(NI)Cc2c(O)c3c(c(O)c2C(O)C1)C(=O)c1ccccc1C3=O. The van der Waals surface area contributed by atoms with Crippen LogP contribution in [-0.4, -0.2) is 38.2 Å². The second kappa shape index (κ2) is 6.36. The number of rotatable bonds is 2. The highest BCUT2D eigenvalue weighted by atomic mass is 127. The predicted octanol–water partition coefficient (Wildman–Crippen LogP) is 2.12. The van der Waals surface area contributed by atoms with Gasteiger partial charge in [-0.15, -0.1) is 0 Å². The highest BCUT2D eigenvalue weighted by Crippen LogP contribution is 2.50. The first kappa shape index (κ1) is 19.0. The molecule has 0 fully saturated rings. The van der Waals surface area contributed by atoms with Gasteiger partial charge in [0.15, 0.2) is 17.3 Å². The summed E-state index contributed by atoms with van der Waals surface area (Å²) in [5, 5.41) is 32.4. The Hall–Kier alpha value is -2.30. The molecule has 2 aliphatic rings. The van der Waals surface area contributed by atoms with E-state index >= 15 is 0 Å². The van der Waals surface area contributed by atoms with Crippen molar-refractivity contribution in [3.63, 3.8) is 0 Å². The van der Waals surface area contributed by atoms with E-state index in [1.54, 1.807) is 12.1 Å². The molecule has 2 aromatic carbocycles. The summed E-state index contributed by atoms with van der Waals surface area (Å²) >= 11 is 1.81. The van der Waals surface area contributed by atoms with E-state index in [0.717, 1.165) is 0 Å². The van der Waals surface area contributed by atoms with Gasteiger partial charge in [0, 0.05) is 58.0 Å². The number of carbonyl (C=O) groups excluding carboxylic acids is 3. The molecule has 4 rings (SSSR count). The maximum Gasteiger partial charge on any atom is 0.198 e. The van der Waals surface area contributed by atoms with E-state index in [9.17, 15) is 29.7 Å². The third kappa shape index (κ3) is 2.38. The fourth-order valence-corrected chi connectivity index (χ4v) is 4.92. The Morgan fingerprint density at radius 3 is 2.14 bits per heavy atom. The van der Waals surface area contributed by atoms with Crippen LogP contribution in [0.3, 0.4) is 0 Å². The highest BCUT2D eigenvalue weighted by molar-refractivity contribution is 14.1. The average molecular weight is 493 g/mol. The molecule has 0 saturated heterocycles. The van der Waals surface area contributed by atoms with Crippen molar-refractivity contribution in [1.29, 1.82) is 0 Å². The van der Waals surface area contributed by atoms with Gasteiger partial charge in [0.25, 0.3) is 0 Å². The molecule has 2 aliphatic carbocycles. The molecule has 2 unspecified atom stereocenters. The Morgan fingerprint density at radius 1 is 1.11 bits per heavy atom. The number of hydrogen-bond acceptors (Lipinski definition) is 7. The van der Waals surface area contributed by atoms with Crippen molar-refractivity contribution in [2.45, 2.75) is 31.4 Å². The van der Waals surface area contributed by atoms with Crippen molar-refractivity contribution >= 4 is 40.2 Å². The Morgan fingerprint density at radius 2 is 1.64 bits per heavy atom. The third-order valence-electron chi connectivity index (χ3n) is 5.67. The van der Waals surface area contributed by atoms with Crippen LogP contribution in [0.1, 0.15) is 62.4 Å². The summed E-state index contributed by atoms with van der Waals surface area (Å²) in [7, 11) is 0. The lowest BCUT2D eigenvalue weighted by molar-refractivity contribution is -0.124. The second-order valence-corrected chi connectivity index (χ2v) is 7.71. The average Bonchev–Trinajstić information content (AvgIpc) is 2.68. The van der Waals surface area contributed by atoms with Gasteiger partial charge in [0.1, 0.15) is 11.5 Å². The van der Waals surface area contributed by atoms with E-state index in [1.165, 1.54) is 19.1 Å². The maximum absolute atomic E-state index is 13.0. The van der Waals surface area contributed by atoms with Crippen LogP contribution in [0.2, 0.25) is 0 Å². The van der Waals surface area contributed by atoms with E-state index in [0.29, 0.717) is 0 Å². The molecule has 0 bridgehead atoms. The van der Waals surface area contributed by atoms with Gasteiger partial charge >= 0.3 is 0 Å². The quantitative estimate of drug-likeness (QED) is 0.245. The van der Waals surface area contributed by atoms with E-state index in [2.05, 4.69) is 3.53 Å². The van der Waals surface area contributed by atoms with E-state index in [-0.39, 0.29) is 52.0 Å². The number of aliphatic hydroxyl groups is 1. The smallest absolute Gasteiger partial charge is 0.198 e. The summed E-state index contributed by atoms with van der Waals surface area (Å²) < 4.78 is 2.87. The summed E-state index contributed by atoms with van der Waals surface area (Å²) in [4.78, 5) is 38.2. The molecule has 0 spiro atoms. The lowest BCUT2D eigenvalue weighted by Crippen LogP contribution is -2.52. The molecule has 28 heavy (non-hydrogen) atoms. The number of phenols is 2. The van der Waals surface area contributed by atoms with Crippen molar-refractivity contribution in [2.24, 2.45) is 0 Å². The second-order valence-electron chi connectivity index (χ2n) is 7.17. The lowest BCUT2D eigenvalue weighted by Gasteiger charge is -2.39. The summed E-state index contributed by atoms with van der Waals surface area (Å²) in [6, 6.07) is 6.17. The van der Waals surface area contributed by atoms with Crippen LogP contribution in [0.5, 0.6) is 11.5 Å². The maximum atomic E-state index is 13.0. The van der Waals surface area contributed by atoms with Crippen LogP contribution in [0.15, 0.2) is 24.3 Å². The molecular formula is C20H16INO6. The van der Waals surface area contributed by atoms with Crippen LogP contribution in [0.25, 0.3) is 0 Å². The number of phenolic OH excluding ortho intramolecular Hbond substituents is 2. The molecular weight excluding hydrogens is 477 g/mol. The number of fused-ring (bicyclic) bond motifs is 3. The Bertz CT molecular complexity index is 1080. The summed E-state index contributed by atoms with van der Waals surface area (Å²) in [6.07, 6.45) is -1.37. The molecule has 4 N–H and O–H groups in total. The zero-order valence-electron chi connectivity index (χ0n) is 14.7. The van der Waals surface area contributed by atoms with Gasteiger partial charge in [-0.3, -0.25) is 14.4 Å². The minimum Gasteiger partial charge on any atom is -0.507 e. The van der Waals surface area contributed by atoms with Gasteiger partial charge in [-0.25, -0.2) is 3.53 Å². The van der Waals surface area contributed by atoms with E-state index < -0.39 is 34.7 Å². The van der Waals surface area contributed by atoms with Gasteiger partial charge in [0.05, 0.1) is 22.8 Å². The van der Waals surface area contributed by atoms with Crippen LogP contribution < -0.4 is 3.53 Å². The molecule has 0 amide bonds. The molecule has 0 heterocycles. The number of Topliss-reactive ketones (excluding diaryl/α,β-unsaturated/α-hetero) is 1. The van der Waals surface area contributed by atoms with Crippen molar-refractivity contribution in [3.05, 3.63) is 57.6 Å². The number of halogens is 1. The number of aromatic hydroxyl groups is 2. The fraction of sp³-hybridized carbons (Fsp3) is 0.250. The van der Waals surface area contributed by atoms with Gasteiger partial charge in [-0.1, -0.05) is 24.3 Å². The van der Waals surface area contributed by atoms with Crippen molar-refractivity contribution < 1.29 is 29.7 Å². The Balaban J connectivity index is 2.03. The van der Waals surface area contributed by atoms with E-state index in [1.807, 2.05) is 22.9 Å². The summed E-state index contributed by atoms with van der Waals surface area (Å²) in [5.74, 6) is -2.43. The molecule has 144 valence electrons. The van der Waals surface area contributed by atoms with Gasteiger partial charge in [0.2, 0.25) is 0 Å². The zero-order chi connectivity index (χ0) is 20.4. The standard InChI is InChI=1S/C20H16INO6/c1-8(23)20(22-21)6-11-13(12(24)7-20)19(28)15-14(18(11)27)16(25)9-4-2-3-5-10(9)17(15)26/h2-5,12,22,24,27-28H,6-7H2,1H3. The monoisotopic (exact) mass is 493 g/mol. The molecule has 0 aliphatic heterocycles. The number of carbonyl (C=O) groups is 3. The first-order chi connectivity index (χ1) is 13.2. The molecule has 2 aromatic rings.